The molecule has 164 valence electrons. The highest BCUT2D eigenvalue weighted by Gasteiger charge is 2.20. The Kier molecular flexibility index (Phi) is 5.83. The lowest BCUT2D eigenvalue weighted by molar-refractivity contribution is 0.0925. The van der Waals surface area contributed by atoms with Crippen LogP contribution in [-0.2, 0) is 16.4 Å². The number of aromatic nitrogens is 1. The van der Waals surface area contributed by atoms with Gasteiger partial charge < -0.3 is 19.2 Å². The van der Waals surface area contributed by atoms with Crippen LogP contribution in [0.1, 0.15) is 16.1 Å². The molecule has 0 spiro atoms. The molecule has 0 aliphatic carbocycles. The normalized spacial score (nSPS) is 11.3. The van der Waals surface area contributed by atoms with Gasteiger partial charge in [0, 0.05) is 24.2 Å². The average Bonchev–Trinajstić information content (AvgIpc) is 3.27. The molecule has 4 rings (SSSR count). The van der Waals surface area contributed by atoms with Crippen LogP contribution in [0.4, 0.5) is 0 Å². The quantitative estimate of drug-likeness (QED) is 0.456. The lowest BCUT2D eigenvalue weighted by Gasteiger charge is -2.11. The molecule has 0 atom stereocenters. The van der Waals surface area contributed by atoms with Crippen LogP contribution in [-0.4, -0.2) is 33.5 Å². The van der Waals surface area contributed by atoms with Gasteiger partial charge in [-0.25, -0.2) is 8.42 Å². The molecule has 32 heavy (non-hydrogen) atoms. The third-order valence-electron chi connectivity index (χ3n) is 4.90. The third-order valence-corrected chi connectivity index (χ3v) is 6.67. The number of pyridine rings is 1. The van der Waals surface area contributed by atoms with Crippen molar-refractivity contribution in [3.05, 3.63) is 78.3 Å². The van der Waals surface area contributed by atoms with E-state index in [1.807, 2.05) is 0 Å². The minimum atomic E-state index is -3.75. The topological polar surface area (TPSA) is 108 Å². The molecule has 0 saturated carbocycles. The Morgan fingerprint density at radius 1 is 0.969 bits per heavy atom. The molecule has 0 saturated heterocycles. The Morgan fingerprint density at radius 2 is 1.69 bits per heavy atom. The van der Waals surface area contributed by atoms with Gasteiger partial charge >= 0.3 is 0 Å². The Balaban J connectivity index is 1.47. The van der Waals surface area contributed by atoms with Crippen LogP contribution in [0.3, 0.4) is 0 Å². The number of furan rings is 1. The molecule has 2 heterocycles. The largest absolute Gasteiger partial charge is 0.493 e. The van der Waals surface area contributed by atoms with Crippen LogP contribution < -0.4 is 14.8 Å². The first kappa shape index (κ1) is 21.4. The van der Waals surface area contributed by atoms with Gasteiger partial charge in [-0.2, -0.15) is 0 Å². The summed E-state index contributed by atoms with van der Waals surface area (Å²) in [5.74, 6) is 0.580. The lowest BCUT2D eigenvalue weighted by Crippen LogP contribution is -2.22. The van der Waals surface area contributed by atoms with E-state index in [-0.39, 0.29) is 28.0 Å². The minimum absolute atomic E-state index is 0.0931. The number of fused-ring (bicyclic) bond motifs is 1. The summed E-state index contributed by atoms with van der Waals surface area (Å²) in [5, 5.41) is 3.55. The Labute approximate surface area is 184 Å². The summed E-state index contributed by atoms with van der Waals surface area (Å²) in [6.45, 7) is 0.213. The van der Waals surface area contributed by atoms with Gasteiger partial charge in [-0.15, -0.1) is 0 Å². The van der Waals surface area contributed by atoms with E-state index in [0.717, 1.165) is 10.9 Å². The number of rotatable bonds is 7. The van der Waals surface area contributed by atoms with Crippen molar-refractivity contribution in [2.24, 2.45) is 0 Å². The van der Waals surface area contributed by atoms with Crippen LogP contribution in [0.2, 0.25) is 0 Å². The number of hydrogen-bond donors (Lipinski definition) is 1. The van der Waals surface area contributed by atoms with Crippen molar-refractivity contribution in [2.45, 2.75) is 16.3 Å². The van der Waals surface area contributed by atoms with Crippen molar-refractivity contribution >= 4 is 26.7 Å². The summed E-state index contributed by atoms with van der Waals surface area (Å²) in [4.78, 5) is 16.6. The molecule has 4 aromatic rings. The van der Waals surface area contributed by atoms with Crippen LogP contribution in [0.25, 0.3) is 11.0 Å². The number of carbonyl (C=O) groups is 1. The van der Waals surface area contributed by atoms with Gasteiger partial charge in [-0.3, -0.25) is 9.78 Å². The highest BCUT2D eigenvalue weighted by Crippen LogP contribution is 2.32. The number of nitrogens with zero attached hydrogens (tertiary/aromatic N) is 1. The van der Waals surface area contributed by atoms with E-state index in [1.54, 1.807) is 42.7 Å². The van der Waals surface area contributed by atoms with E-state index < -0.39 is 9.84 Å². The highest BCUT2D eigenvalue weighted by molar-refractivity contribution is 7.91. The minimum Gasteiger partial charge on any atom is -0.493 e. The molecule has 2 aromatic carbocycles. The van der Waals surface area contributed by atoms with E-state index in [1.165, 1.54) is 38.5 Å². The molecule has 0 bridgehead atoms. The van der Waals surface area contributed by atoms with E-state index in [9.17, 15) is 13.2 Å². The van der Waals surface area contributed by atoms with Crippen LogP contribution in [0.5, 0.6) is 11.5 Å². The molecule has 9 heteroatoms. The van der Waals surface area contributed by atoms with Crippen molar-refractivity contribution in [3.63, 3.8) is 0 Å². The predicted molar refractivity (Wildman–Crippen MR) is 117 cm³/mol. The van der Waals surface area contributed by atoms with Gasteiger partial charge in [0.25, 0.3) is 5.91 Å². The molecule has 1 N–H and O–H groups in total. The zero-order valence-corrected chi connectivity index (χ0v) is 18.2. The zero-order chi connectivity index (χ0) is 22.7. The van der Waals surface area contributed by atoms with Crippen LogP contribution >= 0.6 is 0 Å². The fraction of sp³-hybridized carbons (Fsp3) is 0.130. The molecule has 0 aliphatic rings. The van der Waals surface area contributed by atoms with Crippen molar-refractivity contribution in [2.75, 3.05) is 14.2 Å². The predicted octanol–water partition coefficient (Wildman–Crippen LogP) is 3.61. The van der Waals surface area contributed by atoms with Gasteiger partial charge in [0.15, 0.2) is 22.8 Å². The molecule has 1 amide bonds. The maximum atomic E-state index is 13.0. The fourth-order valence-electron chi connectivity index (χ4n) is 3.17. The number of ether oxygens (including phenoxy) is 2. The van der Waals surface area contributed by atoms with Crippen molar-refractivity contribution in [3.8, 4) is 11.5 Å². The molecule has 2 aromatic heterocycles. The summed E-state index contributed by atoms with van der Waals surface area (Å²) in [6.07, 6.45) is 3.17. The summed E-state index contributed by atoms with van der Waals surface area (Å²) in [5.41, 5.74) is 1.27. The van der Waals surface area contributed by atoms with Crippen LogP contribution in [0.15, 0.2) is 81.2 Å². The van der Waals surface area contributed by atoms with Crippen LogP contribution in [0, 0.1) is 0 Å². The zero-order valence-electron chi connectivity index (χ0n) is 17.4. The van der Waals surface area contributed by atoms with Gasteiger partial charge in [-0.05, 0) is 42.0 Å². The Bertz CT molecular complexity index is 1340. The van der Waals surface area contributed by atoms with Crippen molar-refractivity contribution < 1.29 is 27.1 Å². The standard InChI is InChI=1S/C23H20N2O6S/c1-29-19-8-7-18(12-20(19)30-2)32(27,28)17-5-3-15(4-6-17)13-25-23(26)21-11-16-9-10-24-14-22(16)31-21/h3-12,14H,13H2,1-2H3,(H,25,26). The molecule has 8 nitrogen and oxygen atoms in total. The maximum absolute atomic E-state index is 13.0. The van der Waals surface area contributed by atoms with E-state index in [4.69, 9.17) is 13.9 Å². The third kappa shape index (κ3) is 4.15. The molecule has 0 fully saturated rings. The summed E-state index contributed by atoms with van der Waals surface area (Å²) < 4.78 is 41.8. The monoisotopic (exact) mass is 452 g/mol. The molecular weight excluding hydrogens is 432 g/mol. The first-order valence-electron chi connectivity index (χ1n) is 9.60. The second-order valence-corrected chi connectivity index (χ2v) is 8.82. The van der Waals surface area contributed by atoms with E-state index >= 15 is 0 Å². The first-order valence-corrected chi connectivity index (χ1v) is 11.1. The average molecular weight is 452 g/mol. The van der Waals surface area contributed by atoms with Gasteiger partial charge in [0.1, 0.15) is 0 Å². The number of amides is 1. The molecular formula is C23H20N2O6S. The van der Waals surface area contributed by atoms with Gasteiger partial charge in [-0.1, -0.05) is 12.1 Å². The lowest BCUT2D eigenvalue weighted by atomic mass is 10.2. The fourth-order valence-corrected chi connectivity index (χ4v) is 4.45. The summed E-state index contributed by atoms with van der Waals surface area (Å²) in [6, 6.07) is 14.1. The number of carbonyl (C=O) groups excluding carboxylic acids is 1. The summed E-state index contributed by atoms with van der Waals surface area (Å²) in [7, 11) is -0.821. The second-order valence-electron chi connectivity index (χ2n) is 6.87. The molecule has 0 unspecified atom stereocenters. The molecule has 0 radical (unpaired) electrons. The smallest absolute Gasteiger partial charge is 0.287 e. The van der Waals surface area contributed by atoms with Gasteiger partial charge in [0.05, 0.1) is 30.2 Å². The molecule has 0 aliphatic heterocycles. The van der Waals surface area contributed by atoms with Gasteiger partial charge in [0.2, 0.25) is 9.84 Å². The SMILES string of the molecule is COc1ccc(S(=O)(=O)c2ccc(CNC(=O)c3cc4ccncc4o3)cc2)cc1OC. The van der Waals surface area contributed by atoms with E-state index in [0.29, 0.717) is 17.1 Å². The Morgan fingerprint density at radius 3 is 2.38 bits per heavy atom. The Hall–Kier alpha value is -3.85. The first-order chi connectivity index (χ1) is 15.4. The number of benzene rings is 2. The summed E-state index contributed by atoms with van der Waals surface area (Å²) >= 11 is 0. The maximum Gasteiger partial charge on any atom is 0.287 e. The second kappa shape index (κ2) is 8.72. The van der Waals surface area contributed by atoms with E-state index in [2.05, 4.69) is 10.3 Å². The number of hydrogen-bond acceptors (Lipinski definition) is 7. The van der Waals surface area contributed by atoms with Crippen molar-refractivity contribution in [1.29, 1.82) is 0 Å². The van der Waals surface area contributed by atoms with Crippen molar-refractivity contribution in [1.82, 2.24) is 10.3 Å². The number of sulfone groups is 1. The highest BCUT2D eigenvalue weighted by atomic mass is 32.2. The number of methoxy groups -OCH3 is 2. The number of nitrogens with one attached hydrogen (secondary N) is 1.